The fourth-order valence-corrected chi connectivity index (χ4v) is 5.36. The zero-order valence-electron chi connectivity index (χ0n) is 18.9. The maximum atomic E-state index is 13.2. The molecule has 5 rings (SSSR count). The highest BCUT2D eigenvalue weighted by molar-refractivity contribution is 7.13. The van der Waals surface area contributed by atoms with E-state index < -0.39 is 6.10 Å². The molecule has 2 atom stereocenters. The minimum atomic E-state index is -0.693. The van der Waals surface area contributed by atoms with Crippen molar-refractivity contribution in [1.29, 1.82) is 0 Å². The van der Waals surface area contributed by atoms with Gasteiger partial charge in [-0.15, -0.1) is 11.3 Å². The van der Waals surface area contributed by atoms with E-state index in [1.807, 2.05) is 13.0 Å². The lowest BCUT2D eigenvalue weighted by molar-refractivity contribution is -0.0261. The van der Waals surface area contributed by atoms with Gasteiger partial charge in [-0.05, 0) is 49.4 Å². The third kappa shape index (κ3) is 4.53. The van der Waals surface area contributed by atoms with Gasteiger partial charge < -0.3 is 19.9 Å². The number of ether oxygens (including phenoxy) is 2. The van der Waals surface area contributed by atoms with E-state index in [1.54, 1.807) is 11.3 Å². The summed E-state index contributed by atoms with van der Waals surface area (Å²) in [6.07, 6.45) is 1.44. The predicted octanol–water partition coefficient (Wildman–Crippen LogP) is 3.83. The quantitative estimate of drug-likeness (QED) is 0.600. The molecule has 2 aromatic carbocycles. The van der Waals surface area contributed by atoms with Gasteiger partial charge in [0.1, 0.15) is 10.8 Å². The molecule has 1 saturated heterocycles. The third-order valence-corrected chi connectivity index (χ3v) is 7.48. The number of carbonyl (C=O) groups is 1. The minimum absolute atomic E-state index is 0.199. The number of benzene rings is 2. The zero-order valence-corrected chi connectivity index (χ0v) is 19.7. The molecule has 6 nitrogen and oxygen atoms in total. The van der Waals surface area contributed by atoms with Crippen molar-refractivity contribution in [3.63, 3.8) is 0 Å². The summed E-state index contributed by atoms with van der Waals surface area (Å²) in [6.45, 7) is 5.48. The summed E-state index contributed by atoms with van der Waals surface area (Å²) in [5.41, 5.74) is 7.30. The number of hydrogen-bond acceptors (Lipinski definition) is 6. The first-order valence-corrected chi connectivity index (χ1v) is 12.2. The average Bonchev–Trinajstić information content (AvgIpc) is 3.47. The fraction of sp³-hybridized carbons (Fsp3) is 0.385. The molecular weight excluding hydrogens is 436 g/mol. The van der Waals surface area contributed by atoms with Crippen LogP contribution < -0.4 is 10.1 Å². The Bertz CT molecular complexity index is 1170. The molecule has 172 valence electrons. The van der Waals surface area contributed by atoms with Crippen LogP contribution in [0.15, 0.2) is 35.7 Å². The van der Waals surface area contributed by atoms with E-state index in [1.165, 1.54) is 11.1 Å². The molecule has 2 aliphatic heterocycles. The molecule has 0 unspecified atom stereocenters. The Morgan fingerprint density at radius 2 is 2.06 bits per heavy atom. The van der Waals surface area contributed by atoms with Crippen LogP contribution in [0.1, 0.15) is 44.7 Å². The van der Waals surface area contributed by atoms with Crippen LogP contribution in [0.5, 0.6) is 5.75 Å². The van der Waals surface area contributed by atoms with Crippen LogP contribution in [0.3, 0.4) is 0 Å². The summed E-state index contributed by atoms with van der Waals surface area (Å²) in [5.74, 6) is 0.486. The SMILES string of the molecule is Cc1csc(-c2ccc(Cc3cc(C(=O)N[C@H]4CCOC[C@@H]4O)c4c(c3C)CCO4)cc2)n1. The molecule has 7 heteroatoms. The molecule has 3 aromatic rings. The minimum Gasteiger partial charge on any atom is -0.492 e. The molecule has 1 amide bonds. The molecule has 0 aliphatic carbocycles. The van der Waals surface area contributed by atoms with Gasteiger partial charge in [0.25, 0.3) is 5.91 Å². The number of fused-ring (bicyclic) bond motifs is 1. The number of hydrogen-bond donors (Lipinski definition) is 2. The molecule has 0 bridgehead atoms. The van der Waals surface area contributed by atoms with Gasteiger partial charge in [0.15, 0.2) is 0 Å². The van der Waals surface area contributed by atoms with Crippen molar-refractivity contribution in [1.82, 2.24) is 10.3 Å². The Morgan fingerprint density at radius 1 is 1.24 bits per heavy atom. The summed E-state index contributed by atoms with van der Waals surface area (Å²) in [5, 5.41) is 16.3. The lowest BCUT2D eigenvalue weighted by atomic mass is 9.92. The Balaban J connectivity index is 1.40. The second-order valence-corrected chi connectivity index (χ2v) is 9.65. The van der Waals surface area contributed by atoms with Crippen LogP contribution in [0.4, 0.5) is 0 Å². The number of aliphatic hydroxyl groups excluding tert-OH is 1. The number of aryl methyl sites for hydroxylation is 1. The number of nitrogens with zero attached hydrogens (tertiary/aromatic N) is 1. The molecule has 2 aliphatic rings. The smallest absolute Gasteiger partial charge is 0.255 e. The molecule has 0 spiro atoms. The standard InChI is InChI=1S/C26H28N2O4S/c1-15-14-33-26(27-15)18-5-3-17(4-6-18)11-19-12-21(24-20(16(19)2)7-10-32-24)25(30)28-22-8-9-31-13-23(22)29/h3-6,12,14,22-23,29H,7-11,13H2,1-2H3,(H,28,30)/t22-,23-/m0/s1. The lowest BCUT2D eigenvalue weighted by Crippen LogP contribution is -2.48. The van der Waals surface area contributed by atoms with Crippen LogP contribution in [0.2, 0.25) is 0 Å². The van der Waals surface area contributed by atoms with Crippen molar-refractivity contribution in [3.8, 4) is 16.3 Å². The van der Waals surface area contributed by atoms with Gasteiger partial charge in [-0.3, -0.25) is 4.79 Å². The van der Waals surface area contributed by atoms with Crippen molar-refractivity contribution in [2.75, 3.05) is 19.8 Å². The van der Waals surface area contributed by atoms with Crippen LogP contribution in [-0.2, 0) is 17.6 Å². The Kier molecular flexibility index (Phi) is 6.19. The molecular formula is C26H28N2O4S. The second-order valence-electron chi connectivity index (χ2n) is 8.79. The molecule has 0 saturated carbocycles. The highest BCUT2D eigenvalue weighted by Crippen LogP contribution is 2.36. The van der Waals surface area contributed by atoms with E-state index in [9.17, 15) is 9.90 Å². The maximum Gasteiger partial charge on any atom is 0.255 e. The van der Waals surface area contributed by atoms with Crippen LogP contribution in [0.25, 0.3) is 10.6 Å². The number of carbonyl (C=O) groups excluding carboxylic acids is 1. The summed E-state index contributed by atoms with van der Waals surface area (Å²) in [4.78, 5) is 17.8. The summed E-state index contributed by atoms with van der Waals surface area (Å²) in [7, 11) is 0. The monoisotopic (exact) mass is 464 g/mol. The molecule has 33 heavy (non-hydrogen) atoms. The number of nitrogens with one attached hydrogen (secondary N) is 1. The van der Waals surface area contributed by atoms with E-state index >= 15 is 0 Å². The summed E-state index contributed by atoms with van der Waals surface area (Å²) >= 11 is 1.65. The molecule has 2 N–H and O–H groups in total. The summed E-state index contributed by atoms with van der Waals surface area (Å²) < 4.78 is 11.1. The van der Waals surface area contributed by atoms with Crippen molar-refractivity contribution in [2.24, 2.45) is 0 Å². The van der Waals surface area contributed by atoms with Gasteiger partial charge >= 0.3 is 0 Å². The average molecular weight is 465 g/mol. The highest BCUT2D eigenvalue weighted by atomic mass is 32.1. The number of thiazole rings is 1. The van der Waals surface area contributed by atoms with Crippen molar-refractivity contribution >= 4 is 17.2 Å². The fourth-order valence-electron chi connectivity index (χ4n) is 4.56. The van der Waals surface area contributed by atoms with Crippen LogP contribution in [0, 0.1) is 13.8 Å². The predicted molar refractivity (Wildman–Crippen MR) is 128 cm³/mol. The van der Waals surface area contributed by atoms with Gasteiger partial charge in [-0.25, -0.2) is 4.98 Å². The molecule has 1 fully saturated rings. The first kappa shape index (κ1) is 22.1. The van der Waals surface area contributed by atoms with Crippen molar-refractivity contribution < 1.29 is 19.4 Å². The Hall–Kier alpha value is -2.74. The zero-order chi connectivity index (χ0) is 22.9. The van der Waals surface area contributed by atoms with Gasteiger partial charge in [0, 0.05) is 35.2 Å². The first-order chi connectivity index (χ1) is 16.0. The number of amides is 1. The topological polar surface area (TPSA) is 80.7 Å². The van der Waals surface area contributed by atoms with Crippen LogP contribution >= 0.6 is 11.3 Å². The Morgan fingerprint density at radius 3 is 2.79 bits per heavy atom. The highest BCUT2D eigenvalue weighted by Gasteiger charge is 2.29. The van der Waals surface area contributed by atoms with Crippen molar-refractivity contribution in [3.05, 3.63) is 69.2 Å². The van der Waals surface area contributed by atoms with Gasteiger partial charge in [-0.1, -0.05) is 24.3 Å². The molecule has 3 heterocycles. The summed E-state index contributed by atoms with van der Waals surface area (Å²) in [6, 6.07) is 10.1. The third-order valence-electron chi connectivity index (χ3n) is 6.47. The first-order valence-electron chi connectivity index (χ1n) is 11.4. The molecule has 1 aromatic heterocycles. The van der Waals surface area contributed by atoms with E-state index in [2.05, 4.69) is 46.9 Å². The van der Waals surface area contributed by atoms with E-state index in [0.717, 1.165) is 40.2 Å². The second kappa shape index (κ2) is 9.25. The number of aliphatic hydroxyl groups is 1. The maximum absolute atomic E-state index is 13.2. The number of aromatic nitrogens is 1. The van der Waals surface area contributed by atoms with Crippen LogP contribution in [-0.4, -0.2) is 48.0 Å². The number of rotatable bonds is 5. The van der Waals surface area contributed by atoms with E-state index in [4.69, 9.17) is 9.47 Å². The van der Waals surface area contributed by atoms with Gasteiger partial charge in [-0.2, -0.15) is 0 Å². The Labute approximate surface area is 197 Å². The van der Waals surface area contributed by atoms with Gasteiger partial charge in [0.05, 0.1) is 30.9 Å². The van der Waals surface area contributed by atoms with E-state index in [-0.39, 0.29) is 18.6 Å². The lowest BCUT2D eigenvalue weighted by Gasteiger charge is -2.28. The largest absolute Gasteiger partial charge is 0.492 e. The van der Waals surface area contributed by atoms with Gasteiger partial charge in [0.2, 0.25) is 0 Å². The van der Waals surface area contributed by atoms with Crippen molar-refractivity contribution in [2.45, 2.75) is 45.3 Å². The van der Waals surface area contributed by atoms with E-state index in [0.29, 0.717) is 30.9 Å². The normalized spacial score (nSPS) is 19.7. The molecule has 0 radical (unpaired) electrons.